The van der Waals surface area contributed by atoms with E-state index in [2.05, 4.69) is 179 Å². The Morgan fingerprint density at radius 3 is 1.94 bits per heavy atom. The second kappa shape index (κ2) is 10.8. The van der Waals surface area contributed by atoms with Gasteiger partial charge in [0.2, 0.25) is 5.95 Å². The topological polar surface area (TPSA) is 35.6 Å². The van der Waals surface area contributed by atoms with Gasteiger partial charge >= 0.3 is 0 Å². The van der Waals surface area contributed by atoms with Crippen molar-refractivity contribution in [2.45, 2.75) is 0 Å². The van der Waals surface area contributed by atoms with Crippen LogP contribution < -0.4 is 0 Å². The zero-order chi connectivity index (χ0) is 34.6. The van der Waals surface area contributed by atoms with Crippen LogP contribution in [0.5, 0.6) is 0 Å². The molecule has 4 heterocycles. The fourth-order valence-corrected chi connectivity index (χ4v) is 9.87. The molecule has 5 heteroatoms. The van der Waals surface area contributed by atoms with E-state index >= 15 is 0 Å². The van der Waals surface area contributed by atoms with Gasteiger partial charge in [-0.05, 0) is 59.3 Å². The molecule has 0 amide bonds. The van der Waals surface area contributed by atoms with Crippen molar-refractivity contribution in [1.29, 1.82) is 0 Å². The highest BCUT2D eigenvalue weighted by molar-refractivity contribution is 7.26. The summed E-state index contributed by atoms with van der Waals surface area (Å²) in [6.07, 6.45) is 0. The van der Waals surface area contributed by atoms with Crippen molar-refractivity contribution in [3.05, 3.63) is 170 Å². The summed E-state index contributed by atoms with van der Waals surface area (Å²) in [6, 6.07) is 61.0. The van der Waals surface area contributed by atoms with Gasteiger partial charge < -0.3 is 4.57 Å². The lowest BCUT2D eigenvalue weighted by atomic mass is 10.0. The summed E-state index contributed by atoms with van der Waals surface area (Å²) in [4.78, 5) is 10.7. The Labute approximate surface area is 307 Å². The minimum atomic E-state index is 0.659. The zero-order valence-corrected chi connectivity index (χ0v) is 29.2. The van der Waals surface area contributed by atoms with E-state index in [1.807, 2.05) is 11.3 Å². The van der Waals surface area contributed by atoms with E-state index in [1.54, 1.807) is 0 Å². The fraction of sp³-hybridized carbons (Fsp3) is 0. The molecule has 0 atom stereocenters. The molecule has 0 bridgehead atoms. The molecule has 0 unspecified atom stereocenters. The maximum atomic E-state index is 5.41. The molecule has 246 valence electrons. The third-order valence-corrected chi connectivity index (χ3v) is 12.1. The van der Waals surface area contributed by atoms with E-state index in [1.165, 1.54) is 58.0 Å². The van der Waals surface area contributed by atoms with E-state index in [4.69, 9.17) is 9.97 Å². The van der Waals surface area contributed by atoms with Gasteiger partial charge in [-0.15, -0.1) is 11.3 Å². The first kappa shape index (κ1) is 28.8. The molecule has 12 rings (SSSR count). The standard InChI is InChI=1S/C48H28N4S/c1-3-14-30(15-4-1)46-35-20-9-11-21-38(35)49-48(50-46)52-39-25-23-29-13-7-8-18-32(29)44(39)36-27-37-41(28-42(36)52)51(31-16-5-2-6-17-31)40-26-24-34-33-19-10-12-22-43(33)53-47(34)45(37)40/h1-28H. The smallest absolute Gasteiger partial charge is 0.235 e. The van der Waals surface area contributed by atoms with Crippen LogP contribution >= 0.6 is 11.3 Å². The molecule has 0 aliphatic heterocycles. The number of fused-ring (bicyclic) bond motifs is 13. The van der Waals surface area contributed by atoms with E-state index in [0.29, 0.717) is 5.95 Å². The lowest BCUT2D eigenvalue weighted by Crippen LogP contribution is -2.03. The normalized spacial score (nSPS) is 12.2. The summed E-state index contributed by atoms with van der Waals surface area (Å²) in [6.45, 7) is 0. The highest BCUT2D eigenvalue weighted by atomic mass is 32.1. The van der Waals surface area contributed by atoms with Gasteiger partial charge in [0.25, 0.3) is 0 Å². The van der Waals surface area contributed by atoms with E-state index < -0.39 is 0 Å². The van der Waals surface area contributed by atoms with Crippen molar-refractivity contribution in [3.8, 4) is 22.9 Å². The van der Waals surface area contributed by atoms with Crippen molar-refractivity contribution in [1.82, 2.24) is 19.1 Å². The number of thiophene rings is 1. The van der Waals surface area contributed by atoms with Crippen LogP contribution in [0.4, 0.5) is 0 Å². The number of benzene rings is 8. The third kappa shape index (κ3) is 4.05. The Morgan fingerprint density at radius 1 is 0.415 bits per heavy atom. The Hall–Kier alpha value is -6.82. The molecule has 12 aromatic rings. The number of nitrogens with zero attached hydrogens (tertiary/aromatic N) is 4. The van der Waals surface area contributed by atoms with Gasteiger partial charge in [-0.25, -0.2) is 9.97 Å². The second-order valence-corrected chi connectivity index (χ2v) is 14.8. The van der Waals surface area contributed by atoms with Crippen LogP contribution in [0.15, 0.2) is 170 Å². The Kier molecular flexibility index (Phi) is 5.90. The molecule has 0 saturated heterocycles. The zero-order valence-electron chi connectivity index (χ0n) is 28.4. The summed E-state index contributed by atoms with van der Waals surface area (Å²) in [7, 11) is 0. The first-order valence-electron chi connectivity index (χ1n) is 17.9. The Bertz CT molecular complexity index is 3450. The predicted octanol–water partition coefficient (Wildman–Crippen LogP) is 13.0. The van der Waals surface area contributed by atoms with Crippen LogP contribution in [0.2, 0.25) is 0 Å². The van der Waals surface area contributed by atoms with Crippen LogP contribution in [-0.2, 0) is 0 Å². The minimum Gasteiger partial charge on any atom is -0.309 e. The molecule has 0 aliphatic rings. The number of para-hydroxylation sites is 2. The lowest BCUT2D eigenvalue weighted by Gasteiger charge is -2.12. The quantitative estimate of drug-likeness (QED) is 0.185. The fourth-order valence-electron chi connectivity index (χ4n) is 8.61. The van der Waals surface area contributed by atoms with Gasteiger partial charge in [-0.2, -0.15) is 0 Å². The van der Waals surface area contributed by atoms with Crippen LogP contribution in [-0.4, -0.2) is 19.1 Å². The van der Waals surface area contributed by atoms with E-state index in [-0.39, 0.29) is 0 Å². The molecular formula is C48H28N4S. The Morgan fingerprint density at radius 2 is 1.08 bits per heavy atom. The monoisotopic (exact) mass is 692 g/mol. The number of hydrogen-bond acceptors (Lipinski definition) is 3. The van der Waals surface area contributed by atoms with Crippen LogP contribution in [0, 0.1) is 0 Å². The SMILES string of the molecule is c1ccc(-c2nc(-n3c4cc5c(cc4c4c6ccccc6ccc43)c3c4sc6ccccc6c4ccc3n5-c3ccccc3)nc3ccccc23)cc1. The maximum absolute atomic E-state index is 5.41. The van der Waals surface area contributed by atoms with Gasteiger partial charge in [0.05, 0.1) is 33.3 Å². The molecule has 0 aliphatic carbocycles. The molecule has 0 radical (unpaired) electrons. The van der Waals surface area contributed by atoms with Crippen LogP contribution in [0.3, 0.4) is 0 Å². The number of aromatic nitrogens is 4. The molecule has 0 spiro atoms. The summed E-state index contributed by atoms with van der Waals surface area (Å²) in [5.74, 6) is 0.659. The summed E-state index contributed by atoms with van der Waals surface area (Å²) < 4.78 is 7.35. The molecule has 8 aromatic carbocycles. The van der Waals surface area contributed by atoms with Crippen molar-refractivity contribution >= 4 is 96.8 Å². The molecule has 0 N–H and O–H groups in total. The predicted molar refractivity (Wildman–Crippen MR) is 224 cm³/mol. The van der Waals surface area contributed by atoms with Crippen molar-refractivity contribution in [2.24, 2.45) is 0 Å². The largest absolute Gasteiger partial charge is 0.309 e. The second-order valence-electron chi connectivity index (χ2n) is 13.8. The third-order valence-electron chi connectivity index (χ3n) is 10.9. The molecule has 0 saturated carbocycles. The minimum absolute atomic E-state index is 0.659. The first-order valence-corrected chi connectivity index (χ1v) is 18.7. The average molecular weight is 693 g/mol. The van der Waals surface area contributed by atoms with Gasteiger partial charge in [0.1, 0.15) is 0 Å². The van der Waals surface area contributed by atoms with Crippen LogP contribution in [0.25, 0.3) is 108 Å². The van der Waals surface area contributed by atoms with Crippen LogP contribution in [0.1, 0.15) is 0 Å². The van der Waals surface area contributed by atoms with Crippen molar-refractivity contribution in [2.75, 3.05) is 0 Å². The van der Waals surface area contributed by atoms with Crippen molar-refractivity contribution in [3.63, 3.8) is 0 Å². The highest BCUT2D eigenvalue weighted by Gasteiger charge is 2.23. The molecule has 0 fully saturated rings. The lowest BCUT2D eigenvalue weighted by molar-refractivity contribution is 1.01. The molecular weight excluding hydrogens is 665 g/mol. The first-order chi connectivity index (χ1) is 26.3. The summed E-state index contributed by atoms with van der Waals surface area (Å²) in [5, 5.41) is 11.0. The van der Waals surface area contributed by atoms with Gasteiger partial charge in [-0.3, -0.25) is 4.57 Å². The summed E-state index contributed by atoms with van der Waals surface area (Å²) >= 11 is 1.89. The van der Waals surface area contributed by atoms with Gasteiger partial charge in [0.15, 0.2) is 0 Å². The van der Waals surface area contributed by atoms with Crippen molar-refractivity contribution < 1.29 is 0 Å². The number of hydrogen-bond donors (Lipinski definition) is 0. The van der Waals surface area contributed by atoms with E-state index in [0.717, 1.165) is 44.4 Å². The van der Waals surface area contributed by atoms with Gasteiger partial charge in [-0.1, -0.05) is 121 Å². The molecule has 53 heavy (non-hydrogen) atoms. The summed E-state index contributed by atoms with van der Waals surface area (Å²) in [5.41, 5.74) is 8.56. The Balaban J connectivity index is 1.29. The molecule has 4 aromatic heterocycles. The average Bonchev–Trinajstić information content (AvgIpc) is 3.87. The maximum Gasteiger partial charge on any atom is 0.235 e. The van der Waals surface area contributed by atoms with Gasteiger partial charge in [0, 0.05) is 58.4 Å². The highest BCUT2D eigenvalue weighted by Crippen LogP contribution is 2.46. The molecule has 4 nitrogen and oxygen atoms in total. The number of rotatable bonds is 3. The van der Waals surface area contributed by atoms with E-state index in [9.17, 15) is 0 Å².